The van der Waals surface area contributed by atoms with Gasteiger partial charge in [-0.3, -0.25) is 9.78 Å². The van der Waals surface area contributed by atoms with Gasteiger partial charge in [-0.05, 0) is 42.8 Å². The highest BCUT2D eigenvalue weighted by Crippen LogP contribution is 2.19. The SMILES string of the molecule is Cc1cc(C(=O)N(C)c2cccnc2)ccc1O. The molecule has 18 heavy (non-hydrogen) atoms. The molecule has 1 heterocycles. The summed E-state index contributed by atoms with van der Waals surface area (Å²) in [6, 6.07) is 8.40. The molecule has 0 fully saturated rings. The van der Waals surface area contributed by atoms with Crippen LogP contribution in [0.1, 0.15) is 15.9 Å². The Morgan fingerprint density at radius 1 is 1.33 bits per heavy atom. The third-order valence-corrected chi connectivity index (χ3v) is 2.78. The number of anilines is 1. The molecule has 2 aromatic rings. The molecule has 0 saturated heterocycles. The number of aromatic nitrogens is 1. The van der Waals surface area contributed by atoms with Gasteiger partial charge in [-0.2, -0.15) is 0 Å². The molecule has 0 atom stereocenters. The van der Waals surface area contributed by atoms with Crippen LogP contribution in [0.5, 0.6) is 5.75 Å². The maximum atomic E-state index is 12.2. The van der Waals surface area contributed by atoms with Crippen LogP contribution in [0.4, 0.5) is 5.69 Å². The number of carbonyl (C=O) groups is 1. The summed E-state index contributed by atoms with van der Waals surface area (Å²) in [5, 5.41) is 9.45. The van der Waals surface area contributed by atoms with Crippen molar-refractivity contribution in [2.75, 3.05) is 11.9 Å². The number of amides is 1. The van der Waals surface area contributed by atoms with Crippen LogP contribution in [0.15, 0.2) is 42.7 Å². The molecule has 0 aliphatic heterocycles. The van der Waals surface area contributed by atoms with Crippen molar-refractivity contribution in [1.29, 1.82) is 0 Å². The molecule has 2 rings (SSSR count). The minimum absolute atomic E-state index is 0.133. The molecule has 0 aliphatic carbocycles. The van der Waals surface area contributed by atoms with E-state index in [-0.39, 0.29) is 11.7 Å². The number of nitrogens with zero attached hydrogens (tertiary/aromatic N) is 2. The Morgan fingerprint density at radius 2 is 2.11 bits per heavy atom. The van der Waals surface area contributed by atoms with Gasteiger partial charge < -0.3 is 10.0 Å². The van der Waals surface area contributed by atoms with Gasteiger partial charge in [-0.15, -0.1) is 0 Å². The van der Waals surface area contributed by atoms with Crippen molar-refractivity contribution in [2.24, 2.45) is 0 Å². The minimum Gasteiger partial charge on any atom is -0.508 e. The molecule has 92 valence electrons. The van der Waals surface area contributed by atoms with E-state index in [2.05, 4.69) is 4.98 Å². The predicted molar refractivity (Wildman–Crippen MR) is 69.8 cm³/mol. The zero-order valence-corrected chi connectivity index (χ0v) is 10.3. The van der Waals surface area contributed by atoms with Crippen LogP contribution in [0.3, 0.4) is 0 Å². The molecule has 1 amide bonds. The van der Waals surface area contributed by atoms with Gasteiger partial charge in [0.2, 0.25) is 0 Å². The molecule has 0 aliphatic rings. The van der Waals surface area contributed by atoms with Crippen molar-refractivity contribution < 1.29 is 9.90 Å². The average Bonchev–Trinajstić information content (AvgIpc) is 2.41. The fourth-order valence-electron chi connectivity index (χ4n) is 1.65. The maximum absolute atomic E-state index is 12.2. The Bertz CT molecular complexity index is 567. The summed E-state index contributed by atoms with van der Waals surface area (Å²) in [5.41, 5.74) is 1.95. The van der Waals surface area contributed by atoms with Crippen molar-refractivity contribution >= 4 is 11.6 Å². The molecule has 4 nitrogen and oxygen atoms in total. The number of rotatable bonds is 2. The third kappa shape index (κ3) is 2.32. The molecule has 1 N–H and O–H groups in total. The van der Waals surface area contributed by atoms with E-state index < -0.39 is 0 Å². The second-order valence-electron chi connectivity index (χ2n) is 4.08. The monoisotopic (exact) mass is 242 g/mol. The molecule has 0 radical (unpaired) electrons. The zero-order valence-electron chi connectivity index (χ0n) is 10.3. The van der Waals surface area contributed by atoms with Crippen molar-refractivity contribution in [3.63, 3.8) is 0 Å². The standard InChI is InChI=1S/C14H14N2O2/c1-10-8-11(5-6-13(10)17)14(18)16(2)12-4-3-7-15-9-12/h3-9,17H,1-2H3. The Balaban J connectivity index is 2.29. The van der Waals surface area contributed by atoms with E-state index in [1.807, 2.05) is 6.07 Å². The number of aromatic hydroxyl groups is 1. The molecule has 0 bridgehead atoms. The van der Waals surface area contributed by atoms with Crippen LogP contribution < -0.4 is 4.90 Å². The van der Waals surface area contributed by atoms with Gasteiger partial charge in [0.15, 0.2) is 0 Å². The van der Waals surface area contributed by atoms with Crippen LogP contribution in [0, 0.1) is 6.92 Å². The first-order valence-electron chi connectivity index (χ1n) is 5.57. The fourth-order valence-corrected chi connectivity index (χ4v) is 1.65. The Labute approximate surface area is 106 Å². The number of hydrogen-bond acceptors (Lipinski definition) is 3. The van der Waals surface area contributed by atoms with Gasteiger partial charge in [0.1, 0.15) is 5.75 Å². The second-order valence-corrected chi connectivity index (χ2v) is 4.08. The van der Waals surface area contributed by atoms with Crippen LogP contribution >= 0.6 is 0 Å². The lowest BCUT2D eigenvalue weighted by Crippen LogP contribution is -2.26. The summed E-state index contributed by atoms with van der Waals surface area (Å²) < 4.78 is 0. The summed E-state index contributed by atoms with van der Waals surface area (Å²) in [5.74, 6) is 0.0571. The van der Waals surface area contributed by atoms with E-state index in [9.17, 15) is 9.90 Å². The number of aryl methyl sites for hydroxylation is 1. The number of carbonyl (C=O) groups excluding carboxylic acids is 1. The number of phenols is 1. The van der Waals surface area contributed by atoms with E-state index in [0.717, 1.165) is 5.69 Å². The highest BCUT2D eigenvalue weighted by Gasteiger charge is 2.14. The number of hydrogen-bond donors (Lipinski definition) is 1. The summed E-state index contributed by atoms with van der Waals surface area (Å²) in [6.07, 6.45) is 3.29. The van der Waals surface area contributed by atoms with Gasteiger partial charge in [-0.1, -0.05) is 0 Å². The van der Waals surface area contributed by atoms with Gasteiger partial charge in [0, 0.05) is 18.8 Å². The molecule has 0 spiro atoms. The lowest BCUT2D eigenvalue weighted by molar-refractivity contribution is 0.0993. The van der Waals surface area contributed by atoms with Crippen molar-refractivity contribution in [3.8, 4) is 5.75 Å². The zero-order chi connectivity index (χ0) is 13.1. The van der Waals surface area contributed by atoms with E-state index in [0.29, 0.717) is 11.1 Å². The lowest BCUT2D eigenvalue weighted by Gasteiger charge is -2.17. The predicted octanol–water partition coefficient (Wildman–Crippen LogP) is 2.37. The lowest BCUT2D eigenvalue weighted by atomic mass is 10.1. The number of phenolic OH excluding ortho intramolecular Hbond substituents is 1. The Morgan fingerprint density at radius 3 is 2.72 bits per heavy atom. The van der Waals surface area contributed by atoms with Crippen molar-refractivity contribution in [2.45, 2.75) is 6.92 Å². The van der Waals surface area contributed by atoms with E-state index >= 15 is 0 Å². The van der Waals surface area contributed by atoms with Gasteiger partial charge >= 0.3 is 0 Å². The molecule has 4 heteroatoms. The topological polar surface area (TPSA) is 53.4 Å². The van der Waals surface area contributed by atoms with E-state index in [4.69, 9.17) is 0 Å². The van der Waals surface area contributed by atoms with Gasteiger partial charge in [0.25, 0.3) is 5.91 Å². The van der Waals surface area contributed by atoms with E-state index in [1.54, 1.807) is 44.6 Å². The smallest absolute Gasteiger partial charge is 0.258 e. The van der Waals surface area contributed by atoms with Gasteiger partial charge in [-0.25, -0.2) is 0 Å². The molecule has 0 unspecified atom stereocenters. The summed E-state index contributed by atoms with van der Waals surface area (Å²) >= 11 is 0. The fraction of sp³-hybridized carbons (Fsp3) is 0.143. The van der Waals surface area contributed by atoms with Crippen LogP contribution in [-0.4, -0.2) is 23.0 Å². The first-order valence-corrected chi connectivity index (χ1v) is 5.57. The van der Waals surface area contributed by atoms with Crippen LogP contribution in [0.25, 0.3) is 0 Å². The summed E-state index contributed by atoms with van der Waals surface area (Å²) in [7, 11) is 1.70. The van der Waals surface area contributed by atoms with Gasteiger partial charge in [0.05, 0.1) is 11.9 Å². The average molecular weight is 242 g/mol. The molecule has 1 aromatic carbocycles. The van der Waals surface area contributed by atoms with E-state index in [1.165, 1.54) is 11.0 Å². The number of benzene rings is 1. The highest BCUT2D eigenvalue weighted by atomic mass is 16.3. The molecule has 0 saturated carbocycles. The maximum Gasteiger partial charge on any atom is 0.258 e. The van der Waals surface area contributed by atoms with Crippen molar-refractivity contribution in [1.82, 2.24) is 4.98 Å². The summed E-state index contributed by atoms with van der Waals surface area (Å²) in [4.78, 5) is 17.7. The minimum atomic E-state index is -0.133. The molecule has 1 aromatic heterocycles. The van der Waals surface area contributed by atoms with Crippen molar-refractivity contribution in [3.05, 3.63) is 53.9 Å². The second kappa shape index (κ2) is 4.87. The number of pyridine rings is 1. The highest BCUT2D eigenvalue weighted by molar-refractivity contribution is 6.05. The first kappa shape index (κ1) is 12.1. The Hall–Kier alpha value is -2.36. The quantitative estimate of drug-likeness (QED) is 0.879. The third-order valence-electron chi connectivity index (χ3n) is 2.78. The van der Waals surface area contributed by atoms with Crippen LogP contribution in [-0.2, 0) is 0 Å². The van der Waals surface area contributed by atoms with Crippen LogP contribution in [0.2, 0.25) is 0 Å². The normalized spacial score (nSPS) is 10.1. The molecular formula is C14H14N2O2. The first-order chi connectivity index (χ1) is 8.59. The molecular weight excluding hydrogens is 228 g/mol. The largest absolute Gasteiger partial charge is 0.508 e. The summed E-state index contributed by atoms with van der Waals surface area (Å²) in [6.45, 7) is 1.76. The Kier molecular flexibility index (Phi) is 3.28.